The second kappa shape index (κ2) is 6.06. The average Bonchev–Trinajstić information content (AvgIpc) is 3.11. The lowest BCUT2D eigenvalue weighted by Gasteiger charge is -2.13. The van der Waals surface area contributed by atoms with Gasteiger partial charge in [-0.25, -0.2) is 0 Å². The molecule has 1 saturated heterocycles. The quantitative estimate of drug-likeness (QED) is 0.893. The van der Waals surface area contributed by atoms with Crippen molar-refractivity contribution in [2.45, 2.75) is 39.2 Å². The Morgan fingerprint density at radius 3 is 3.05 bits per heavy atom. The van der Waals surface area contributed by atoms with Crippen LogP contribution in [-0.2, 0) is 4.79 Å². The van der Waals surface area contributed by atoms with Crippen molar-refractivity contribution < 1.29 is 9.53 Å². The highest BCUT2D eigenvalue weighted by Gasteiger charge is 2.27. The molecule has 1 aromatic rings. The van der Waals surface area contributed by atoms with Gasteiger partial charge in [0.15, 0.2) is 0 Å². The Labute approximate surface area is 126 Å². The van der Waals surface area contributed by atoms with E-state index in [1.165, 1.54) is 17.5 Å². The van der Waals surface area contributed by atoms with Gasteiger partial charge in [-0.2, -0.15) is 0 Å². The van der Waals surface area contributed by atoms with E-state index in [1.54, 1.807) is 0 Å². The molecule has 2 unspecified atom stereocenters. The molecule has 4 heteroatoms. The van der Waals surface area contributed by atoms with Gasteiger partial charge in [0, 0.05) is 12.0 Å². The molecule has 1 aromatic carbocycles. The van der Waals surface area contributed by atoms with Crippen LogP contribution < -0.4 is 15.4 Å². The zero-order valence-corrected chi connectivity index (χ0v) is 12.9. The van der Waals surface area contributed by atoms with Crippen LogP contribution in [0.25, 0.3) is 0 Å². The summed E-state index contributed by atoms with van der Waals surface area (Å²) in [7, 11) is 0. The fraction of sp³-hybridized carbons (Fsp3) is 0.588. The number of ether oxygens (including phenoxy) is 1. The van der Waals surface area contributed by atoms with Crippen LogP contribution in [0.2, 0.25) is 0 Å². The highest BCUT2D eigenvalue weighted by atomic mass is 16.5. The van der Waals surface area contributed by atoms with Crippen molar-refractivity contribution in [3.05, 3.63) is 28.8 Å². The zero-order chi connectivity index (χ0) is 14.8. The summed E-state index contributed by atoms with van der Waals surface area (Å²) in [6, 6.07) is 4.19. The van der Waals surface area contributed by atoms with Crippen molar-refractivity contribution in [3.8, 4) is 5.75 Å². The zero-order valence-electron chi connectivity index (χ0n) is 12.9. The summed E-state index contributed by atoms with van der Waals surface area (Å²) in [5.74, 6) is 1.76. The Hall–Kier alpha value is -1.55. The summed E-state index contributed by atoms with van der Waals surface area (Å²) in [6.45, 7) is 6.86. The molecule has 21 heavy (non-hydrogen) atoms. The summed E-state index contributed by atoms with van der Waals surface area (Å²) >= 11 is 0. The molecular weight excluding hydrogens is 264 g/mol. The molecule has 2 N–H and O–H groups in total. The minimum atomic E-state index is 0.00787. The van der Waals surface area contributed by atoms with E-state index in [9.17, 15) is 4.79 Å². The third kappa shape index (κ3) is 3.05. The van der Waals surface area contributed by atoms with E-state index >= 15 is 0 Å². The first-order valence-corrected chi connectivity index (χ1v) is 7.88. The maximum Gasteiger partial charge on any atom is 0.220 e. The first kappa shape index (κ1) is 14.4. The van der Waals surface area contributed by atoms with E-state index in [2.05, 4.69) is 36.6 Å². The van der Waals surface area contributed by atoms with Crippen molar-refractivity contribution in [1.82, 2.24) is 10.6 Å². The van der Waals surface area contributed by atoms with Crippen LogP contribution in [0.15, 0.2) is 12.1 Å². The van der Waals surface area contributed by atoms with Crippen molar-refractivity contribution in [1.29, 1.82) is 0 Å². The maximum absolute atomic E-state index is 12.1. The number of aryl methyl sites for hydroxylation is 1. The highest BCUT2D eigenvalue weighted by molar-refractivity contribution is 5.76. The number of hydrogen-bond donors (Lipinski definition) is 2. The molecule has 2 heterocycles. The Morgan fingerprint density at radius 2 is 2.29 bits per heavy atom. The fourth-order valence-corrected chi connectivity index (χ4v) is 3.22. The molecule has 2 aliphatic heterocycles. The lowest BCUT2D eigenvalue weighted by Crippen LogP contribution is -2.29. The van der Waals surface area contributed by atoms with Crippen molar-refractivity contribution in [2.75, 3.05) is 19.7 Å². The molecule has 0 aliphatic carbocycles. The van der Waals surface area contributed by atoms with Gasteiger partial charge in [0.1, 0.15) is 12.4 Å². The maximum atomic E-state index is 12.1. The molecule has 1 amide bonds. The summed E-state index contributed by atoms with van der Waals surface area (Å²) in [5, 5.41) is 6.46. The second-order valence-corrected chi connectivity index (χ2v) is 6.25. The number of hydrogen-bond acceptors (Lipinski definition) is 3. The van der Waals surface area contributed by atoms with Gasteiger partial charge in [-0.15, -0.1) is 0 Å². The van der Waals surface area contributed by atoms with Crippen LogP contribution in [0, 0.1) is 19.8 Å². The molecule has 3 rings (SSSR count). The van der Waals surface area contributed by atoms with Crippen molar-refractivity contribution in [3.63, 3.8) is 0 Å². The smallest absolute Gasteiger partial charge is 0.220 e. The number of fused-ring (bicyclic) bond motifs is 1. The molecule has 0 aromatic heterocycles. The van der Waals surface area contributed by atoms with Gasteiger partial charge in [0.2, 0.25) is 5.91 Å². The van der Waals surface area contributed by atoms with Crippen LogP contribution >= 0.6 is 0 Å². The van der Waals surface area contributed by atoms with E-state index in [0.717, 1.165) is 30.8 Å². The largest absolute Gasteiger partial charge is 0.490 e. The SMILES string of the molecule is Cc1ccc2c(c1C)OCC2NC(=O)CCC1CCNC1. The fourth-order valence-electron chi connectivity index (χ4n) is 3.22. The second-order valence-electron chi connectivity index (χ2n) is 6.25. The number of carbonyl (C=O) groups excluding carboxylic acids is 1. The predicted octanol–water partition coefficient (Wildman–Crippen LogP) is 2.24. The molecule has 0 radical (unpaired) electrons. The van der Waals surface area contributed by atoms with E-state index in [0.29, 0.717) is 18.9 Å². The Kier molecular flexibility index (Phi) is 4.15. The van der Waals surface area contributed by atoms with Gasteiger partial charge in [-0.3, -0.25) is 4.79 Å². The summed E-state index contributed by atoms with van der Waals surface area (Å²) in [6.07, 6.45) is 2.79. The monoisotopic (exact) mass is 288 g/mol. The van der Waals surface area contributed by atoms with E-state index in [1.807, 2.05) is 0 Å². The lowest BCUT2D eigenvalue weighted by atomic mass is 10.0. The first-order valence-electron chi connectivity index (χ1n) is 7.88. The Bertz CT molecular complexity index is 536. The first-order chi connectivity index (χ1) is 10.1. The van der Waals surface area contributed by atoms with Gasteiger partial charge < -0.3 is 15.4 Å². The summed E-state index contributed by atoms with van der Waals surface area (Å²) in [4.78, 5) is 12.1. The van der Waals surface area contributed by atoms with Gasteiger partial charge in [0.25, 0.3) is 0 Å². The molecule has 0 saturated carbocycles. The molecule has 0 bridgehead atoms. The molecule has 2 atom stereocenters. The van der Waals surface area contributed by atoms with Gasteiger partial charge in [-0.1, -0.05) is 12.1 Å². The minimum Gasteiger partial charge on any atom is -0.490 e. The third-order valence-corrected chi connectivity index (χ3v) is 4.75. The number of rotatable bonds is 4. The molecule has 1 fully saturated rings. The van der Waals surface area contributed by atoms with Crippen LogP contribution in [0.4, 0.5) is 0 Å². The van der Waals surface area contributed by atoms with Crippen LogP contribution in [0.1, 0.15) is 42.0 Å². The molecule has 2 aliphatic rings. The normalized spacial score (nSPS) is 23.7. The van der Waals surface area contributed by atoms with Gasteiger partial charge in [0.05, 0.1) is 6.04 Å². The molecule has 0 spiro atoms. The standard InChI is InChI=1S/C17H24N2O2/c1-11-3-5-14-15(10-21-17(14)12(11)2)19-16(20)6-4-13-7-8-18-9-13/h3,5,13,15,18H,4,6-10H2,1-2H3,(H,19,20). The van der Waals surface area contributed by atoms with E-state index in [-0.39, 0.29) is 11.9 Å². The van der Waals surface area contributed by atoms with Crippen LogP contribution in [0.5, 0.6) is 5.75 Å². The summed E-state index contributed by atoms with van der Waals surface area (Å²) in [5.41, 5.74) is 3.53. The minimum absolute atomic E-state index is 0.00787. The Morgan fingerprint density at radius 1 is 1.43 bits per heavy atom. The highest BCUT2D eigenvalue weighted by Crippen LogP contribution is 2.36. The average molecular weight is 288 g/mol. The molecular formula is C17H24N2O2. The van der Waals surface area contributed by atoms with E-state index in [4.69, 9.17) is 4.74 Å². The third-order valence-electron chi connectivity index (χ3n) is 4.75. The predicted molar refractivity (Wildman–Crippen MR) is 82.5 cm³/mol. The van der Waals surface area contributed by atoms with Crippen molar-refractivity contribution >= 4 is 5.91 Å². The molecule has 114 valence electrons. The number of carbonyl (C=O) groups is 1. The number of amides is 1. The van der Waals surface area contributed by atoms with Gasteiger partial charge in [-0.05, 0) is 56.8 Å². The molecule has 4 nitrogen and oxygen atoms in total. The number of nitrogens with one attached hydrogen (secondary N) is 2. The van der Waals surface area contributed by atoms with Gasteiger partial charge >= 0.3 is 0 Å². The number of benzene rings is 1. The summed E-state index contributed by atoms with van der Waals surface area (Å²) < 4.78 is 5.78. The lowest BCUT2D eigenvalue weighted by molar-refractivity contribution is -0.122. The van der Waals surface area contributed by atoms with Crippen LogP contribution in [-0.4, -0.2) is 25.6 Å². The Balaban J connectivity index is 1.57. The van der Waals surface area contributed by atoms with Crippen molar-refractivity contribution in [2.24, 2.45) is 5.92 Å². The topological polar surface area (TPSA) is 50.4 Å². The van der Waals surface area contributed by atoms with Crippen LogP contribution in [0.3, 0.4) is 0 Å². The van der Waals surface area contributed by atoms with E-state index < -0.39 is 0 Å².